The van der Waals surface area contributed by atoms with Crippen LogP contribution < -0.4 is 15.0 Å². The zero-order valence-electron chi connectivity index (χ0n) is 17.3. The Kier molecular flexibility index (Phi) is 6.69. The highest BCUT2D eigenvalue weighted by atomic mass is 35.5. The standard InChI is InChI=1S/C22H28ClN5O2/c1-30-19-9-3-2-8-16(19)18(27-10-4-5-11-27)15-24-21(29)20-17(23)14-25-22(26-20)28-12-6-7-13-28/h2-3,8-9,14,18H,4-7,10-13,15H2,1H3,(H,24,29). The van der Waals surface area contributed by atoms with E-state index >= 15 is 0 Å². The highest BCUT2D eigenvalue weighted by Crippen LogP contribution is 2.31. The number of rotatable bonds is 7. The van der Waals surface area contributed by atoms with Gasteiger partial charge in [0.05, 0.1) is 24.4 Å². The fourth-order valence-electron chi connectivity index (χ4n) is 4.29. The molecular weight excluding hydrogens is 402 g/mol. The number of amides is 1. The molecule has 160 valence electrons. The number of benzene rings is 1. The van der Waals surface area contributed by atoms with Gasteiger partial charge in [-0.15, -0.1) is 0 Å². The average molecular weight is 430 g/mol. The number of likely N-dealkylation sites (tertiary alicyclic amines) is 1. The zero-order chi connectivity index (χ0) is 20.9. The summed E-state index contributed by atoms with van der Waals surface area (Å²) >= 11 is 6.27. The van der Waals surface area contributed by atoms with Crippen LogP contribution in [-0.2, 0) is 0 Å². The van der Waals surface area contributed by atoms with Crippen molar-refractivity contribution < 1.29 is 9.53 Å². The topological polar surface area (TPSA) is 70.6 Å². The van der Waals surface area contributed by atoms with Crippen LogP contribution in [0.4, 0.5) is 5.95 Å². The molecule has 0 aliphatic carbocycles. The summed E-state index contributed by atoms with van der Waals surface area (Å²) in [7, 11) is 1.68. The van der Waals surface area contributed by atoms with E-state index in [1.807, 2.05) is 18.2 Å². The van der Waals surface area contributed by atoms with Crippen LogP contribution in [0.15, 0.2) is 30.5 Å². The van der Waals surface area contributed by atoms with Crippen LogP contribution in [0.25, 0.3) is 0 Å². The van der Waals surface area contributed by atoms with E-state index in [9.17, 15) is 4.79 Å². The van der Waals surface area contributed by atoms with Crippen molar-refractivity contribution in [2.75, 3.05) is 44.7 Å². The molecule has 1 atom stereocenters. The lowest BCUT2D eigenvalue weighted by Gasteiger charge is -2.29. The molecule has 0 radical (unpaired) electrons. The van der Waals surface area contributed by atoms with Crippen molar-refractivity contribution in [2.24, 2.45) is 0 Å². The first-order valence-electron chi connectivity index (χ1n) is 10.6. The third-order valence-electron chi connectivity index (χ3n) is 5.87. The van der Waals surface area contributed by atoms with Gasteiger partial charge in [-0.25, -0.2) is 9.97 Å². The molecule has 1 aromatic heterocycles. The largest absolute Gasteiger partial charge is 0.496 e. The lowest BCUT2D eigenvalue weighted by atomic mass is 10.0. The van der Waals surface area contributed by atoms with Crippen molar-refractivity contribution in [1.82, 2.24) is 20.2 Å². The molecule has 1 unspecified atom stereocenters. The van der Waals surface area contributed by atoms with Crippen molar-refractivity contribution in [3.05, 3.63) is 46.7 Å². The van der Waals surface area contributed by atoms with Gasteiger partial charge in [0, 0.05) is 25.2 Å². The Bertz CT molecular complexity index is 882. The number of nitrogens with zero attached hydrogens (tertiary/aromatic N) is 4. The van der Waals surface area contributed by atoms with Crippen molar-refractivity contribution in [1.29, 1.82) is 0 Å². The van der Waals surface area contributed by atoms with E-state index in [4.69, 9.17) is 16.3 Å². The predicted octanol–water partition coefficient (Wildman–Crippen LogP) is 3.31. The van der Waals surface area contributed by atoms with Gasteiger partial charge in [0.2, 0.25) is 5.95 Å². The monoisotopic (exact) mass is 429 g/mol. The molecule has 2 aliphatic rings. The number of hydrogen-bond acceptors (Lipinski definition) is 6. The van der Waals surface area contributed by atoms with E-state index in [2.05, 4.69) is 31.2 Å². The summed E-state index contributed by atoms with van der Waals surface area (Å²) in [6.45, 7) is 4.29. The minimum absolute atomic E-state index is 0.0336. The Morgan fingerprint density at radius 3 is 2.60 bits per heavy atom. The van der Waals surface area contributed by atoms with Crippen LogP contribution in [0.3, 0.4) is 0 Å². The molecular formula is C22H28ClN5O2. The third kappa shape index (κ3) is 4.52. The van der Waals surface area contributed by atoms with Gasteiger partial charge in [0.1, 0.15) is 5.75 Å². The molecule has 0 bridgehead atoms. The van der Waals surface area contributed by atoms with Gasteiger partial charge >= 0.3 is 0 Å². The van der Waals surface area contributed by atoms with Gasteiger partial charge in [-0.2, -0.15) is 0 Å². The first-order chi connectivity index (χ1) is 14.7. The van der Waals surface area contributed by atoms with E-state index in [0.29, 0.717) is 12.5 Å². The van der Waals surface area contributed by atoms with Crippen LogP contribution in [0, 0.1) is 0 Å². The van der Waals surface area contributed by atoms with Crippen molar-refractivity contribution in [3.63, 3.8) is 0 Å². The number of ether oxygens (including phenoxy) is 1. The number of hydrogen-bond donors (Lipinski definition) is 1. The number of aromatic nitrogens is 2. The highest BCUT2D eigenvalue weighted by molar-refractivity contribution is 6.33. The van der Waals surface area contributed by atoms with Crippen molar-refractivity contribution in [2.45, 2.75) is 31.7 Å². The number of para-hydroxylation sites is 1. The predicted molar refractivity (Wildman–Crippen MR) is 117 cm³/mol. The van der Waals surface area contributed by atoms with Crippen molar-refractivity contribution >= 4 is 23.5 Å². The molecule has 3 heterocycles. The Morgan fingerprint density at radius 1 is 1.17 bits per heavy atom. The molecule has 4 rings (SSSR count). The van der Waals surface area contributed by atoms with E-state index in [1.54, 1.807) is 7.11 Å². The number of methoxy groups -OCH3 is 1. The fourth-order valence-corrected chi connectivity index (χ4v) is 4.47. The summed E-state index contributed by atoms with van der Waals surface area (Å²) in [5, 5.41) is 3.32. The molecule has 1 amide bonds. The molecule has 2 saturated heterocycles. The first-order valence-corrected chi connectivity index (χ1v) is 11.0. The molecule has 1 N–H and O–H groups in total. The van der Waals surface area contributed by atoms with Crippen LogP contribution in [0.2, 0.25) is 5.02 Å². The quantitative estimate of drug-likeness (QED) is 0.728. The highest BCUT2D eigenvalue weighted by Gasteiger charge is 2.27. The number of anilines is 1. The van der Waals surface area contributed by atoms with Gasteiger partial charge in [-0.3, -0.25) is 9.69 Å². The summed E-state index contributed by atoms with van der Waals surface area (Å²) in [6.07, 6.45) is 6.08. The maximum absolute atomic E-state index is 13.0. The molecule has 2 aromatic rings. The molecule has 30 heavy (non-hydrogen) atoms. The number of halogens is 1. The van der Waals surface area contributed by atoms with E-state index in [1.165, 1.54) is 6.20 Å². The molecule has 2 aliphatic heterocycles. The Labute approximate surface area is 182 Å². The normalized spacial score (nSPS) is 17.9. The zero-order valence-corrected chi connectivity index (χ0v) is 18.1. The summed E-state index contributed by atoms with van der Waals surface area (Å²) in [5.41, 5.74) is 1.31. The molecule has 2 fully saturated rings. The third-order valence-corrected chi connectivity index (χ3v) is 6.15. The Hall–Kier alpha value is -2.38. The Morgan fingerprint density at radius 2 is 1.87 bits per heavy atom. The van der Waals surface area contributed by atoms with Gasteiger partial charge in [0.15, 0.2) is 5.69 Å². The minimum atomic E-state index is -0.276. The lowest BCUT2D eigenvalue weighted by molar-refractivity contribution is 0.0932. The average Bonchev–Trinajstić information content (AvgIpc) is 3.49. The molecule has 8 heteroatoms. The SMILES string of the molecule is COc1ccccc1C(CNC(=O)c1nc(N2CCCC2)ncc1Cl)N1CCCC1. The Balaban J connectivity index is 1.52. The maximum Gasteiger partial charge on any atom is 0.271 e. The molecule has 0 spiro atoms. The minimum Gasteiger partial charge on any atom is -0.496 e. The first kappa shape index (κ1) is 20.9. The van der Waals surface area contributed by atoms with Crippen LogP contribution in [0.1, 0.15) is 47.8 Å². The number of carbonyl (C=O) groups is 1. The lowest BCUT2D eigenvalue weighted by Crippen LogP contribution is -2.37. The second kappa shape index (κ2) is 9.62. The van der Waals surface area contributed by atoms with Gasteiger partial charge < -0.3 is 15.0 Å². The number of nitrogens with one attached hydrogen (secondary N) is 1. The maximum atomic E-state index is 13.0. The second-order valence-corrected chi connectivity index (χ2v) is 8.18. The van der Waals surface area contributed by atoms with Gasteiger partial charge in [-0.1, -0.05) is 29.8 Å². The van der Waals surface area contributed by atoms with Crippen LogP contribution in [-0.4, -0.2) is 60.6 Å². The van der Waals surface area contributed by atoms with Crippen LogP contribution in [0.5, 0.6) is 5.75 Å². The summed E-state index contributed by atoms with van der Waals surface area (Å²) in [4.78, 5) is 26.3. The fraction of sp³-hybridized carbons (Fsp3) is 0.500. The van der Waals surface area contributed by atoms with Gasteiger partial charge in [-0.05, 0) is 44.8 Å². The summed E-state index contributed by atoms with van der Waals surface area (Å²) < 4.78 is 5.58. The number of carbonyl (C=O) groups excluding carboxylic acids is 1. The smallest absolute Gasteiger partial charge is 0.271 e. The second-order valence-electron chi connectivity index (χ2n) is 7.77. The van der Waals surface area contributed by atoms with E-state index in [-0.39, 0.29) is 22.7 Å². The van der Waals surface area contributed by atoms with E-state index < -0.39 is 0 Å². The summed E-state index contributed by atoms with van der Waals surface area (Å²) in [6, 6.07) is 8.03. The molecule has 1 aromatic carbocycles. The van der Waals surface area contributed by atoms with Gasteiger partial charge in [0.25, 0.3) is 5.91 Å². The van der Waals surface area contributed by atoms with Crippen molar-refractivity contribution in [3.8, 4) is 5.75 Å². The summed E-state index contributed by atoms with van der Waals surface area (Å²) in [5.74, 6) is 1.13. The van der Waals surface area contributed by atoms with E-state index in [0.717, 1.165) is 63.2 Å². The molecule has 0 saturated carbocycles. The molecule has 7 nitrogen and oxygen atoms in total. The van der Waals surface area contributed by atoms with Crippen LogP contribution >= 0.6 is 11.6 Å².